The Hall–Kier alpha value is -4.07. The van der Waals surface area contributed by atoms with E-state index in [1.54, 1.807) is 55.5 Å². The molecule has 0 unspecified atom stereocenters. The van der Waals surface area contributed by atoms with E-state index in [0.29, 0.717) is 33.8 Å². The summed E-state index contributed by atoms with van der Waals surface area (Å²) in [5.74, 6) is 1.36. The van der Waals surface area contributed by atoms with Crippen molar-refractivity contribution in [2.24, 2.45) is 0 Å². The molecule has 8 nitrogen and oxygen atoms in total. The number of amides is 1. The highest BCUT2D eigenvalue weighted by Crippen LogP contribution is 2.42. The first-order valence-corrected chi connectivity index (χ1v) is 9.58. The zero-order valence-corrected chi connectivity index (χ0v) is 17.0. The minimum absolute atomic E-state index is 0.0101. The van der Waals surface area contributed by atoms with Crippen LogP contribution in [0.5, 0.6) is 11.5 Å². The summed E-state index contributed by atoms with van der Waals surface area (Å²) in [4.78, 5) is 28.3. The molecule has 2 aromatic carbocycles. The number of carbonyl (C=O) groups excluding carboxylic acids is 1. The molecule has 0 spiro atoms. The quantitative estimate of drug-likeness (QED) is 0.497. The lowest BCUT2D eigenvalue weighted by Gasteiger charge is -2.23. The predicted molar refractivity (Wildman–Crippen MR) is 112 cm³/mol. The van der Waals surface area contributed by atoms with Crippen molar-refractivity contribution in [2.45, 2.75) is 13.0 Å². The number of rotatable bonds is 4. The van der Waals surface area contributed by atoms with Crippen LogP contribution in [0.1, 0.15) is 33.5 Å². The second kappa shape index (κ2) is 7.02. The van der Waals surface area contributed by atoms with Crippen LogP contribution in [0.3, 0.4) is 0 Å². The van der Waals surface area contributed by atoms with Gasteiger partial charge in [-0.2, -0.15) is 0 Å². The number of aryl methyl sites for hydroxylation is 1. The summed E-state index contributed by atoms with van der Waals surface area (Å²) >= 11 is 0. The standard InChI is InChI=1S/C23H18N2O6/c1-12-10-18(24-31-12)25-20(13-8-9-16(28-2)17(11-13)29-3)19-21(26)14-6-4-5-7-15(14)30-22(19)23(25)27/h4-11,20H,1-3H3/t20-/m1/s1. The van der Waals surface area contributed by atoms with E-state index in [9.17, 15) is 9.59 Å². The van der Waals surface area contributed by atoms with Gasteiger partial charge in [-0.15, -0.1) is 0 Å². The number of methoxy groups -OCH3 is 2. The molecule has 31 heavy (non-hydrogen) atoms. The van der Waals surface area contributed by atoms with Crippen molar-refractivity contribution in [3.05, 3.63) is 81.4 Å². The summed E-state index contributed by atoms with van der Waals surface area (Å²) in [6.45, 7) is 1.73. The van der Waals surface area contributed by atoms with Crippen LogP contribution >= 0.6 is 0 Å². The maximum atomic E-state index is 13.5. The van der Waals surface area contributed by atoms with Gasteiger partial charge in [-0.25, -0.2) is 0 Å². The van der Waals surface area contributed by atoms with Crippen LogP contribution in [0.15, 0.2) is 62.3 Å². The SMILES string of the molecule is COc1ccc([C@@H]2c3c(oc4ccccc4c3=O)C(=O)N2c2cc(C)on2)cc1OC. The predicted octanol–water partition coefficient (Wildman–Crippen LogP) is 3.86. The fourth-order valence-electron chi connectivity index (χ4n) is 3.96. The van der Waals surface area contributed by atoms with Crippen LogP contribution in [0.25, 0.3) is 11.0 Å². The van der Waals surface area contributed by atoms with Gasteiger partial charge in [0.25, 0.3) is 5.91 Å². The van der Waals surface area contributed by atoms with Crippen LogP contribution in [0.4, 0.5) is 5.82 Å². The number of nitrogens with zero attached hydrogens (tertiary/aromatic N) is 2. The third-order valence-corrected chi connectivity index (χ3v) is 5.36. The fourth-order valence-corrected chi connectivity index (χ4v) is 3.96. The molecule has 0 radical (unpaired) electrons. The maximum absolute atomic E-state index is 13.5. The van der Waals surface area contributed by atoms with E-state index in [4.69, 9.17) is 18.4 Å². The molecule has 1 aliphatic rings. The Bertz CT molecular complexity index is 1390. The van der Waals surface area contributed by atoms with Crippen LogP contribution in [0, 0.1) is 6.92 Å². The summed E-state index contributed by atoms with van der Waals surface area (Å²) in [6, 6.07) is 13.0. The van der Waals surface area contributed by atoms with Gasteiger partial charge >= 0.3 is 0 Å². The number of ether oxygens (including phenoxy) is 2. The van der Waals surface area contributed by atoms with Crippen LogP contribution in [0.2, 0.25) is 0 Å². The molecule has 5 rings (SSSR count). The third-order valence-electron chi connectivity index (χ3n) is 5.36. The molecule has 1 aliphatic heterocycles. The summed E-state index contributed by atoms with van der Waals surface area (Å²) in [6.07, 6.45) is 0. The van der Waals surface area contributed by atoms with Gasteiger partial charge in [0.05, 0.1) is 31.2 Å². The van der Waals surface area contributed by atoms with Crippen molar-refractivity contribution in [1.82, 2.24) is 5.16 Å². The van der Waals surface area contributed by atoms with E-state index in [0.717, 1.165) is 0 Å². The molecule has 0 saturated carbocycles. The number of carbonyl (C=O) groups is 1. The Morgan fingerprint density at radius 1 is 1.00 bits per heavy atom. The number of aromatic nitrogens is 1. The van der Waals surface area contributed by atoms with Gasteiger partial charge in [0.1, 0.15) is 11.3 Å². The average molecular weight is 418 g/mol. The fraction of sp³-hybridized carbons (Fsp3) is 0.174. The Morgan fingerprint density at radius 2 is 1.77 bits per heavy atom. The minimum Gasteiger partial charge on any atom is -0.493 e. The summed E-state index contributed by atoms with van der Waals surface area (Å²) in [5, 5.41) is 4.41. The lowest BCUT2D eigenvalue weighted by molar-refractivity contribution is 0.0969. The topological polar surface area (TPSA) is 95.0 Å². The Kier molecular flexibility index (Phi) is 4.28. The molecule has 4 aromatic rings. The third kappa shape index (κ3) is 2.79. The first-order chi connectivity index (χ1) is 15.0. The molecule has 8 heteroatoms. The van der Waals surface area contributed by atoms with Crippen molar-refractivity contribution < 1.29 is 23.2 Å². The molecule has 0 bridgehead atoms. The van der Waals surface area contributed by atoms with Crippen molar-refractivity contribution in [1.29, 1.82) is 0 Å². The minimum atomic E-state index is -0.771. The lowest BCUT2D eigenvalue weighted by atomic mass is 9.98. The number of para-hydroxylation sites is 1. The highest BCUT2D eigenvalue weighted by atomic mass is 16.5. The molecule has 0 aliphatic carbocycles. The van der Waals surface area contributed by atoms with Crippen molar-refractivity contribution in [2.75, 3.05) is 19.1 Å². The lowest BCUT2D eigenvalue weighted by Crippen LogP contribution is -2.29. The number of hydrogen-bond donors (Lipinski definition) is 0. The summed E-state index contributed by atoms with van der Waals surface area (Å²) in [5.41, 5.74) is 0.973. The number of hydrogen-bond acceptors (Lipinski definition) is 7. The first-order valence-electron chi connectivity index (χ1n) is 9.58. The second-order valence-corrected chi connectivity index (χ2v) is 7.16. The maximum Gasteiger partial charge on any atom is 0.296 e. The molecule has 2 aromatic heterocycles. The number of anilines is 1. The Labute approximate surface area is 176 Å². The Morgan fingerprint density at radius 3 is 2.48 bits per heavy atom. The highest BCUT2D eigenvalue weighted by Gasteiger charge is 2.45. The molecule has 1 amide bonds. The highest BCUT2D eigenvalue weighted by molar-refractivity contribution is 6.10. The molecular weight excluding hydrogens is 400 g/mol. The van der Waals surface area contributed by atoms with E-state index in [1.165, 1.54) is 19.1 Å². The smallest absolute Gasteiger partial charge is 0.296 e. The van der Waals surface area contributed by atoms with E-state index in [-0.39, 0.29) is 22.6 Å². The van der Waals surface area contributed by atoms with Crippen LogP contribution < -0.4 is 19.8 Å². The van der Waals surface area contributed by atoms with E-state index < -0.39 is 11.9 Å². The van der Waals surface area contributed by atoms with Gasteiger partial charge < -0.3 is 18.4 Å². The van der Waals surface area contributed by atoms with Crippen molar-refractivity contribution >= 4 is 22.7 Å². The van der Waals surface area contributed by atoms with Gasteiger partial charge in [-0.1, -0.05) is 23.4 Å². The number of benzene rings is 2. The van der Waals surface area contributed by atoms with Gasteiger partial charge in [-0.05, 0) is 36.8 Å². The van der Waals surface area contributed by atoms with E-state index in [1.807, 2.05) is 0 Å². The van der Waals surface area contributed by atoms with Crippen LogP contribution in [-0.4, -0.2) is 25.3 Å². The molecule has 1 atom stereocenters. The molecule has 156 valence electrons. The molecule has 0 saturated heterocycles. The second-order valence-electron chi connectivity index (χ2n) is 7.16. The zero-order chi connectivity index (χ0) is 21.7. The van der Waals surface area contributed by atoms with E-state index >= 15 is 0 Å². The number of fused-ring (bicyclic) bond motifs is 2. The summed E-state index contributed by atoms with van der Waals surface area (Å²) in [7, 11) is 3.06. The Balaban J connectivity index is 1.81. The zero-order valence-electron chi connectivity index (χ0n) is 17.0. The van der Waals surface area contributed by atoms with Gasteiger partial charge in [0.2, 0.25) is 5.76 Å². The normalized spacial score (nSPS) is 15.4. The largest absolute Gasteiger partial charge is 0.493 e. The molecule has 0 fully saturated rings. The first kappa shape index (κ1) is 18.9. The average Bonchev–Trinajstić information content (AvgIpc) is 3.34. The van der Waals surface area contributed by atoms with Gasteiger partial charge in [0, 0.05) is 6.07 Å². The van der Waals surface area contributed by atoms with Gasteiger partial charge in [0.15, 0.2) is 22.7 Å². The molecule has 0 N–H and O–H groups in total. The van der Waals surface area contributed by atoms with E-state index in [2.05, 4.69) is 5.16 Å². The van der Waals surface area contributed by atoms with Gasteiger partial charge in [-0.3, -0.25) is 14.5 Å². The monoisotopic (exact) mass is 418 g/mol. The molecule has 3 heterocycles. The van der Waals surface area contributed by atoms with Crippen molar-refractivity contribution in [3.8, 4) is 11.5 Å². The molecular formula is C23H18N2O6. The van der Waals surface area contributed by atoms with Crippen molar-refractivity contribution in [3.63, 3.8) is 0 Å². The van der Waals surface area contributed by atoms with Crippen LogP contribution in [-0.2, 0) is 0 Å². The summed E-state index contributed by atoms with van der Waals surface area (Å²) < 4.78 is 21.9.